The Bertz CT molecular complexity index is 809. The number of piperidine rings is 1. The molecular formula is C18H21N5O. The maximum absolute atomic E-state index is 5.80. The molecule has 0 unspecified atom stereocenters. The first-order chi connectivity index (χ1) is 11.8. The molecule has 0 aromatic carbocycles. The number of hydrogen-bond donors (Lipinski definition) is 0. The van der Waals surface area contributed by atoms with Gasteiger partial charge in [-0.1, -0.05) is 6.07 Å². The third kappa shape index (κ3) is 2.91. The number of rotatable bonds is 4. The van der Waals surface area contributed by atoms with E-state index in [1.807, 2.05) is 43.6 Å². The molecule has 3 aromatic rings. The molecular weight excluding hydrogens is 302 g/mol. The summed E-state index contributed by atoms with van der Waals surface area (Å²) in [6.45, 7) is 2.72. The van der Waals surface area contributed by atoms with Gasteiger partial charge in [0.1, 0.15) is 5.52 Å². The molecule has 6 nitrogen and oxygen atoms in total. The van der Waals surface area contributed by atoms with Gasteiger partial charge in [0.25, 0.3) is 0 Å². The molecule has 0 saturated carbocycles. The molecule has 0 aliphatic carbocycles. The van der Waals surface area contributed by atoms with Crippen molar-refractivity contribution in [2.45, 2.75) is 12.8 Å². The van der Waals surface area contributed by atoms with Crippen LogP contribution in [0.4, 0.5) is 5.95 Å². The van der Waals surface area contributed by atoms with Crippen LogP contribution in [0.15, 0.2) is 42.7 Å². The predicted octanol–water partition coefficient (Wildman–Crippen LogP) is 2.66. The fourth-order valence-electron chi connectivity index (χ4n) is 3.23. The van der Waals surface area contributed by atoms with Gasteiger partial charge in [0.2, 0.25) is 11.8 Å². The van der Waals surface area contributed by atoms with Crippen molar-refractivity contribution in [3.63, 3.8) is 0 Å². The predicted molar refractivity (Wildman–Crippen MR) is 93.2 cm³/mol. The first-order valence-corrected chi connectivity index (χ1v) is 8.37. The summed E-state index contributed by atoms with van der Waals surface area (Å²) in [6.07, 6.45) is 5.78. The SMILES string of the molecule is Cn1c(N2CCC(COc3ccccn3)CC2)nc2cccnc21. The molecule has 4 rings (SSSR count). The molecule has 0 bridgehead atoms. The number of aryl methyl sites for hydroxylation is 1. The van der Waals surface area contributed by atoms with Gasteiger partial charge in [-0.15, -0.1) is 0 Å². The Morgan fingerprint density at radius 2 is 1.92 bits per heavy atom. The summed E-state index contributed by atoms with van der Waals surface area (Å²) >= 11 is 0. The van der Waals surface area contributed by atoms with Gasteiger partial charge in [-0.05, 0) is 37.0 Å². The molecule has 0 radical (unpaired) electrons. The van der Waals surface area contributed by atoms with E-state index in [1.54, 1.807) is 6.20 Å². The van der Waals surface area contributed by atoms with Gasteiger partial charge in [-0.3, -0.25) is 4.57 Å². The minimum absolute atomic E-state index is 0.566. The van der Waals surface area contributed by atoms with Crippen molar-refractivity contribution >= 4 is 17.1 Å². The molecule has 0 spiro atoms. The summed E-state index contributed by atoms with van der Waals surface area (Å²) < 4.78 is 7.88. The number of hydrogen-bond acceptors (Lipinski definition) is 5. The standard InChI is InChI=1S/C18H21N5O/c1-22-17-15(5-4-10-20-17)21-18(22)23-11-7-14(8-12-23)13-24-16-6-2-3-9-19-16/h2-6,9-10,14H,7-8,11-13H2,1H3. The monoisotopic (exact) mass is 323 g/mol. The van der Waals surface area contributed by atoms with Crippen molar-refractivity contribution in [1.82, 2.24) is 19.5 Å². The van der Waals surface area contributed by atoms with Gasteiger partial charge < -0.3 is 9.64 Å². The lowest BCUT2D eigenvalue weighted by Crippen LogP contribution is -2.37. The Labute approximate surface area is 141 Å². The zero-order valence-electron chi connectivity index (χ0n) is 13.8. The topological polar surface area (TPSA) is 56.1 Å². The molecule has 6 heteroatoms. The molecule has 124 valence electrons. The Morgan fingerprint density at radius 3 is 2.67 bits per heavy atom. The third-order valence-electron chi connectivity index (χ3n) is 4.61. The molecule has 4 heterocycles. The number of ether oxygens (including phenoxy) is 1. The minimum atomic E-state index is 0.566. The average molecular weight is 323 g/mol. The zero-order chi connectivity index (χ0) is 16.4. The summed E-state index contributed by atoms with van der Waals surface area (Å²) in [6, 6.07) is 9.70. The van der Waals surface area contributed by atoms with E-state index in [-0.39, 0.29) is 0 Å². The molecule has 1 aliphatic heterocycles. The van der Waals surface area contributed by atoms with Crippen molar-refractivity contribution in [3.8, 4) is 5.88 Å². The summed E-state index contributed by atoms with van der Waals surface area (Å²) in [5.74, 6) is 2.28. The van der Waals surface area contributed by atoms with Crippen molar-refractivity contribution in [1.29, 1.82) is 0 Å². The number of pyridine rings is 2. The van der Waals surface area contributed by atoms with Gasteiger partial charge >= 0.3 is 0 Å². The normalized spacial score (nSPS) is 15.8. The average Bonchev–Trinajstić information content (AvgIpc) is 2.98. The van der Waals surface area contributed by atoms with Crippen LogP contribution in [0.25, 0.3) is 11.2 Å². The number of imidazole rings is 1. The summed E-state index contributed by atoms with van der Waals surface area (Å²) in [5, 5.41) is 0. The van der Waals surface area contributed by atoms with Crippen LogP contribution in [-0.4, -0.2) is 39.2 Å². The number of aromatic nitrogens is 4. The second-order valence-corrected chi connectivity index (χ2v) is 6.23. The molecule has 24 heavy (non-hydrogen) atoms. The van der Waals surface area contributed by atoms with Crippen molar-refractivity contribution < 1.29 is 4.74 Å². The number of nitrogens with zero attached hydrogens (tertiary/aromatic N) is 5. The number of fused-ring (bicyclic) bond motifs is 1. The van der Waals surface area contributed by atoms with E-state index in [4.69, 9.17) is 9.72 Å². The maximum Gasteiger partial charge on any atom is 0.213 e. The Balaban J connectivity index is 1.38. The van der Waals surface area contributed by atoms with Crippen molar-refractivity contribution in [2.75, 3.05) is 24.6 Å². The number of anilines is 1. The van der Waals surface area contributed by atoms with Gasteiger partial charge in [0, 0.05) is 38.6 Å². The van der Waals surface area contributed by atoms with E-state index < -0.39 is 0 Å². The molecule has 0 N–H and O–H groups in total. The molecule has 0 amide bonds. The van der Waals surface area contributed by atoms with Gasteiger partial charge in [0.15, 0.2) is 5.65 Å². The lowest BCUT2D eigenvalue weighted by atomic mass is 9.98. The van der Waals surface area contributed by atoms with Crippen LogP contribution in [0.5, 0.6) is 5.88 Å². The largest absolute Gasteiger partial charge is 0.477 e. The molecule has 3 aromatic heterocycles. The molecule has 0 atom stereocenters. The Hall–Kier alpha value is -2.63. The second-order valence-electron chi connectivity index (χ2n) is 6.23. The van der Waals surface area contributed by atoms with Gasteiger partial charge in [-0.2, -0.15) is 0 Å². The first-order valence-electron chi connectivity index (χ1n) is 8.37. The fraction of sp³-hybridized carbons (Fsp3) is 0.389. The zero-order valence-corrected chi connectivity index (χ0v) is 13.8. The van der Waals surface area contributed by atoms with Crippen LogP contribution in [-0.2, 0) is 7.05 Å². The van der Waals surface area contributed by atoms with E-state index in [0.717, 1.165) is 49.7 Å². The summed E-state index contributed by atoms with van der Waals surface area (Å²) in [5.41, 5.74) is 1.89. The van der Waals surface area contributed by atoms with Crippen LogP contribution >= 0.6 is 0 Å². The molecule has 1 aliphatic rings. The Morgan fingerprint density at radius 1 is 1.08 bits per heavy atom. The smallest absolute Gasteiger partial charge is 0.213 e. The highest BCUT2D eigenvalue weighted by atomic mass is 16.5. The quantitative estimate of drug-likeness (QED) is 0.739. The third-order valence-corrected chi connectivity index (χ3v) is 4.61. The molecule has 1 fully saturated rings. The van der Waals surface area contributed by atoms with Crippen molar-refractivity contribution in [2.24, 2.45) is 13.0 Å². The lowest BCUT2D eigenvalue weighted by molar-refractivity contribution is 0.215. The van der Waals surface area contributed by atoms with Crippen LogP contribution in [0, 0.1) is 5.92 Å². The van der Waals surface area contributed by atoms with Crippen LogP contribution in [0.3, 0.4) is 0 Å². The van der Waals surface area contributed by atoms with Crippen LogP contribution in [0.2, 0.25) is 0 Å². The van der Waals surface area contributed by atoms with Crippen LogP contribution < -0.4 is 9.64 Å². The fourth-order valence-corrected chi connectivity index (χ4v) is 3.23. The maximum atomic E-state index is 5.80. The highest BCUT2D eigenvalue weighted by Crippen LogP contribution is 2.25. The highest BCUT2D eigenvalue weighted by molar-refractivity contribution is 5.74. The molecule has 1 saturated heterocycles. The van der Waals surface area contributed by atoms with E-state index >= 15 is 0 Å². The first kappa shape index (κ1) is 14.9. The lowest BCUT2D eigenvalue weighted by Gasteiger charge is -2.32. The summed E-state index contributed by atoms with van der Waals surface area (Å²) in [7, 11) is 2.04. The second kappa shape index (κ2) is 6.47. The van der Waals surface area contributed by atoms with Crippen molar-refractivity contribution in [3.05, 3.63) is 42.7 Å². The minimum Gasteiger partial charge on any atom is -0.477 e. The summed E-state index contributed by atoms with van der Waals surface area (Å²) in [4.78, 5) is 15.7. The van der Waals surface area contributed by atoms with Gasteiger partial charge in [0.05, 0.1) is 6.61 Å². The van der Waals surface area contributed by atoms with E-state index in [9.17, 15) is 0 Å². The van der Waals surface area contributed by atoms with Crippen LogP contribution in [0.1, 0.15) is 12.8 Å². The Kier molecular flexibility index (Phi) is 4.02. The van der Waals surface area contributed by atoms with E-state index in [0.29, 0.717) is 11.8 Å². The van der Waals surface area contributed by atoms with E-state index in [2.05, 4.69) is 19.4 Å². The highest BCUT2D eigenvalue weighted by Gasteiger charge is 2.23. The van der Waals surface area contributed by atoms with Gasteiger partial charge in [-0.25, -0.2) is 15.0 Å². The van der Waals surface area contributed by atoms with E-state index in [1.165, 1.54) is 0 Å².